The van der Waals surface area contributed by atoms with Gasteiger partial charge in [-0.05, 0) is 73.3 Å². The molecule has 7 nitrogen and oxygen atoms in total. The van der Waals surface area contributed by atoms with Gasteiger partial charge < -0.3 is 9.64 Å². The van der Waals surface area contributed by atoms with Gasteiger partial charge in [-0.15, -0.1) is 0 Å². The molecule has 3 aliphatic rings. The quantitative estimate of drug-likeness (QED) is 0.489. The van der Waals surface area contributed by atoms with Crippen LogP contribution in [0.4, 0.5) is 5.69 Å². The number of hydrogen-bond acceptors (Lipinski definition) is 6. The van der Waals surface area contributed by atoms with Crippen LogP contribution in [0.3, 0.4) is 0 Å². The molecular weight excluding hydrogens is 510 g/mol. The molecule has 1 aromatic carbocycles. The first-order chi connectivity index (χ1) is 17.6. The summed E-state index contributed by atoms with van der Waals surface area (Å²) in [5, 5.41) is 0.624. The van der Waals surface area contributed by atoms with Crippen molar-refractivity contribution in [3.63, 3.8) is 0 Å². The Kier molecular flexibility index (Phi) is 7.29. The summed E-state index contributed by atoms with van der Waals surface area (Å²) in [4.78, 5) is 20.2. The lowest BCUT2D eigenvalue weighted by Crippen LogP contribution is -2.42. The molecule has 0 spiro atoms. The second kappa shape index (κ2) is 10.2. The summed E-state index contributed by atoms with van der Waals surface area (Å²) in [7, 11) is -3.63. The van der Waals surface area contributed by atoms with E-state index in [1.165, 1.54) is 11.3 Å². The molecule has 1 N–H and O–H groups in total. The summed E-state index contributed by atoms with van der Waals surface area (Å²) in [5.74, 6) is 0.635. The van der Waals surface area contributed by atoms with Gasteiger partial charge in [-0.1, -0.05) is 37.6 Å². The number of nitrogens with one attached hydrogen (secondary N) is 1. The van der Waals surface area contributed by atoms with E-state index in [1.807, 2.05) is 18.2 Å². The molecule has 3 fully saturated rings. The zero-order valence-corrected chi connectivity index (χ0v) is 23.3. The van der Waals surface area contributed by atoms with Gasteiger partial charge in [0.25, 0.3) is 0 Å². The molecule has 0 radical (unpaired) electrons. The summed E-state index contributed by atoms with van der Waals surface area (Å²) in [5.41, 5.74) is 3.60. The summed E-state index contributed by atoms with van der Waals surface area (Å²) in [6.45, 7) is 6.96. The van der Waals surface area contributed by atoms with Gasteiger partial charge >= 0.3 is 0 Å². The highest BCUT2D eigenvalue weighted by atomic mass is 35.5. The fourth-order valence-corrected chi connectivity index (χ4v) is 6.40. The van der Waals surface area contributed by atoms with Crippen molar-refractivity contribution in [3.05, 3.63) is 58.4 Å². The number of sulfonamides is 1. The number of halogens is 1. The first-order valence-corrected chi connectivity index (χ1v) is 15.5. The number of carbonyl (C=O) groups excluding carboxylic acids is 1. The summed E-state index contributed by atoms with van der Waals surface area (Å²) in [6.07, 6.45) is 6.98. The van der Waals surface area contributed by atoms with Crippen molar-refractivity contribution in [2.45, 2.75) is 69.2 Å². The number of anilines is 1. The number of nitrogens with zero attached hydrogens (tertiary/aromatic N) is 2. The number of pyridine rings is 1. The number of carbonyl (C=O) groups is 1. The third kappa shape index (κ3) is 5.81. The van der Waals surface area contributed by atoms with E-state index < -0.39 is 21.3 Å². The largest absolute Gasteiger partial charge is 0.381 e. The Bertz CT molecular complexity index is 1250. The van der Waals surface area contributed by atoms with E-state index in [9.17, 15) is 13.2 Å². The van der Waals surface area contributed by atoms with Crippen LogP contribution in [0.5, 0.6) is 0 Å². The summed E-state index contributed by atoms with van der Waals surface area (Å²) < 4.78 is 31.5. The van der Waals surface area contributed by atoms with E-state index in [1.54, 1.807) is 6.20 Å². The van der Waals surface area contributed by atoms with Crippen LogP contribution in [0.25, 0.3) is 0 Å². The minimum absolute atomic E-state index is 0.284. The van der Waals surface area contributed by atoms with Gasteiger partial charge in [0.2, 0.25) is 15.9 Å². The Balaban J connectivity index is 1.54. The smallest absolute Gasteiger partial charge is 0.244 e. The van der Waals surface area contributed by atoms with Crippen molar-refractivity contribution in [1.29, 1.82) is 0 Å². The van der Waals surface area contributed by atoms with Crippen LogP contribution in [0.15, 0.2) is 36.5 Å². The van der Waals surface area contributed by atoms with Crippen molar-refractivity contribution < 1.29 is 17.9 Å². The number of aromatic nitrogens is 1. The Morgan fingerprint density at radius 2 is 1.92 bits per heavy atom. The normalized spacial score (nSPS) is 23.1. The topological polar surface area (TPSA) is 88.6 Å². The van der Waals surface area contributed by atoms with Gasteiger partial charge in [0.1, 0.15) is 0 Å². The Morgan fingerprint density at radius 1 is 1.19 bits per heavy atom. The molecular formula is C28H36ClN3O4S. The maximum atomic E-state index is 13.0. The van der Waals surface area contributed by atoms with Gasteiger partial charge in [0, 0.05) is 49.3 Å². The van der Waals surface area contributed by atoms with E-state index in [-0.39, 0.29) is 5.92 Å². The van der Waals surface area contributed by atoms with Crippen LogP contribution in [0.1, 0.15) is 74.6 Å². The molecule has 0 bridgehead atoms. The standard InChI is InChI=1S/C28H36ClN3O4S/c1-18(2)17-32(21-8-12-36-13-9-21)26-7-4-19(28(10-11-28)27(33)31-37(3,34)35)14-24(26)22-15-23(22)25-6-5-20(29)16-30-25/h4-7,14,16,18,21-23H,8-13,15,17H2,1-3H3,(H,31,33). The molecule has 2 heterocycles. The molecule has 1 aliphatic heterocycles. The van der Waals surface area contributed by atoms with Crippen molar-refractivity contribution in [1.82, 2.24) is 9.71 Å². The predicted octanol–water partition coefficient (Wildman–Crippen LogP) is 4.75. The lowest BCUT2D eigenvalue weighted by Gasteiger charge is -2.39. The minimum atomic E-state index is -3.63. The van der Waals surface area contributed by atoms with Crippen molar-refractivity contribution in [2.24, 2.45) is 5.92 Å². The summed E-state index contributed by atoms with van der Waals surface area (Å²) in [6, 6.07) is 10.7. The monoisotopic (exact) mass is 545 g/mol. The molecule has 2 atom stereocenters. The lowest BCUT2D eigenvalue weighted by atomic mass is 9.90. The van der Waals surface area contributed by atoms with E-state index in [4.69, 9.17) is 16.3 Å². The third-order valence-electron chi connectivity index (χ3n) is 7.87. The zero-order chi connectivity index (χ0) is 26.4. The number of rotatable bonds is 9. The number of ether oxygens (including phenoxy) is 1. The number of hydrogen-bond donors (Lipinski definition) is 1. The third-order valence-corrected chi connectivity index (χ3v) is 8.65. The van der Waals surface area contributed by atoms with E-state index in [0.717, 1.165) is 56.5 Å². The average molecular weight is 546 g/mol. The maximum absolute atomic E-state index is 13.0. The predicted molar refractivity (Wildman–Crippen MR) is 146 cm³/mol. The molecule has 2 aliphatic carbocycles. The molecule has 200 valence electrons. The van der Waals surface area contributed by atoms with E-state index in [0.29, 0.717) is 35.7 Å². The summed E-state index contributed by atoms with van der Waals surface area (Å²) >= 11 is 6.08. The van der Waals surface area contributed by atoms with Crippen molar-refractivity contribution in [3.8, 4) is 0 Å². The van der Waals surface area contributed by atoms with Crippen LogP contribution in [-0.2, 0) is 25.0 Å². The van der Waals surface area contributed by atoms with Crippen LogP contribution in [0.2, 0.25) is 5.02 Å². The Hall–Kier alpha value is -2.16. The first-order valence-electron chi connectivity index (χ1n) is 13.2. The molecule has 5 rings (SSSR count). The zero-order valence-electron chi connectivity index (χ0n) is 21.7. The average Bonchev–Trinajstić information content (AvgIpc) is 3.77. The molecule has 2 aromatic rings. The second-order valence-electron chi connectivity index (χ2n) is 11.3. The number of amides is 1. The van der Waals surface area contributed by atoms with Crippen LogP contribution in [0, 0.1) is 5.92 Å². The second-order valence-corrected chi connectivity index (χ2v) is 13.5. The fraction of sp³-hybridized carbons (Fsp3) is 0.571. The Labute approximate surface area is 225 Å². The van der Waals surface area contributed by atoms with E-state index in [2.05, 4.69) is 40.6 Å². The van der Waals surface area contributed by atoms with Gasteiger partial charge in [0.05, 0.1) is 16.7 Å². The Morgan fingerprint density at radius 3 is 2.51 bits per heavy atom. The van der Waals surface area contributed by atoms with Crippen LogP contribution >= 0.6 is 11.6 Å². The highest BCUT2D eigenvalue weighted by molar-refractivity contribution is 7.89. The van der Waals surface area contributed by atoms with Gasteiger partial charge in [-0.25, -0.2) is 8.42 Å². The highest BCUT2D eigenvalue weighted by Gasteiger charge is 2.53. The molecule has 37 heavy (non-hydrogen) atoms. The molecule has 9 heteroatoms. The van der Waals surface area contributed by atoms with Gasteiger partial charge in [0.15, 0.2) is 0 Å². The van der Waals surface area contributed by atoms with Crippen molar-refractivity contribution in [2.75, 3.05) is 30.9 Å². The SMILES string of the molecule is CC(C)CN(c1ccc(C2(C(=O)NS(C)(=O)=O)CC2)cc1C1CC1c1ccc(Cl)cn1)C1CCOCC1. The first kappa shape index (κ1) is 26.4. The molecule has 1 saturated heterocycles. The van der Waals surface area contributed by atoms with Crippen LogP contribution in [-0.4, -0.2) is 51.4 Å². The fourth-order valence-electron chi connectivity index (χ4n) is 5.76. The lowest BCUT2D eigenvalue weighted by molar-refractivity contribution is -0.121. The maximum Gasteiger partial charge on any atom is 0.244 e. The van der Waals surface area contributed by atoms with Crippen molar-refractivity contribution >= 4 is 33.2 Å². The number of benzene rings is 1. The highest BCUT2D eigenvalue weighted by Crippen LogP contribution is 2.58. The van der Waals surface area contributed by atoms with Crippen LogP contribution < -0.4 is 9.62 Å². The molecule has 1 amide bonds. The molecule has 2 saturated carbocycles. The molecule has 1 aromatic heterocycles. The minimum Gasteiger partial charge on any atom is -0.381 e. The van der Waals surface area contributed by atoms with Gasteiger partial charge in [-0.2, -0.15) is 0 Å². The van der Waals surface area contributed by atoms with Gasteiger partial charge in [-0.3, -0.25) is 14.5 Å². The van der Waals surface area contributed by atoms with E-state index >= 15 is 0 Å². The molecule has 2 unspecified atom stereocenters.